The maximum absolute atomic E-state index is 13.0. The van der Waals surface area contributed by atoms with Gasteiger partial charge < -0.3 is 25.4 Å². The van der Waals surface area contributed by atoms with E-state index in [-0.39, 0.29) is 23.9 Å². The van der Waals surface area contributed by atoms with E-state index in [2.05, 4.69) is 31.4 Å². The molecule has 3 aromatic heterocycles. The van der Waals surface area contributed by atoms with Crippen molar-refractivity contribution in [2.45, 2.75) is 25.6 Å². The molecule has 1 aliphatic heterocycles. The zero-order valence-corrected chi connectivity index (χ0v) is 20.5. The number of amides is 2. The molecular weight excluding hydrogens is 500 g/mol. The number of carbonyl (C=O) groups is 2. The van der Waals surface area contributed by atoms with Crippen LogP contribution in [0.2, 0.25) is 5.02 Å². The Morgan fingerprint density at radius 2 is 2.16 bits per heavy atom. The molecule has 0 spiro atoms. The molecular formula is C24H23ClN8O4. The predicted molar refractivity (Wildman–Crippen MR) is 133 cm³/mol. The lowest BCUT2D eigenvalue weighted by Gasteiger charge is -2.37. The van der Waals surface area contributed by atoms with Gasteiger partial charge in [-0.25, -0.2) is 9.97 Å². The topological polar surface area (TPSA) is 173 Å². The molecule has 1 saturated heterocycles. The summed E-state index contributed by atoms with van der Waals surface area (Å²) < 4.78 is 1.54. The summed E-state index contributed by atoms with van der Waals surface area (Å²) in [5, 5.41) is 36.6. The van der Waals surface area contributed by atoms with Gasteiger partial charge in [0.05, 0.1) is 48.5 Å². The summed E-state index contributed by atoms with van der Waals surface area (Å²) in [4.78, 5) is 39.1. The highest BCUT2D eigenvalue weighted by Gasteiger charge is 2.33. The van der Waals surface area contributed by atoms with Crippen molar-refractivity contribution in [3.05, 3.63) is 41.2 Å². The Labute approximate surface area is 215 Å². The number of aromatic nitrogens is 5. The quantitative estimate of drug-likeness (QED) is 0.279. The third-order valence-electron chi connectivity index (χ3n) is 6.27. The Bertz CT molecular complexity index is 1550. The molecule has 4 N–H and O–H groups in total. The molecule has 13 heteroatoms. The zero-order valence-electron chi connectivity index (χ0n) is 19.7. The van der Waals surface area contributed by atoms with E-state index < -0.39 is 24.7 Å². The van der Waals surface area contributed by atoms with Crippen molar-refractivity contribution in [3.8, 4) is 17.5 Å². The number of carbonyl (C=O) groups excluding carboxylic acids is 2. The highest BCUT2D eigenvalue weighted by Crippen LogP contribution is 2.30. The molecule has 2 atom stereocenters. The first-order chi connectivity index (χ1) is 17.8. The summed E-state index contributed by atoms with van der Waals surface area (Å²) in [6.45, 7) is 1.93. The molecule has 0 saturated carbocycles. The molecule has 0 radical (unpaired) electrons. The first-order valence-electron chi connectivity index (χ1n) is 11.6. The Balaban J connectivity index is 1.45. The van der Waals surface area contributed by atoms with Gasteiger partial charge in [-0.15, -0.1) is 0 Å². The first-order valence-corrected chi connectivity index (χ1v) is 12.0. The van der Waals surface area contributed by atoms with E-state index in [4.69, 9.17) is 16.9 Å². The van der Waals surface area contributed by atoms with Crippen LogP contribution in [-0.4, -0.2) is 83.5 Å². The van der Waals surface area contributed by atoms with Crippen molar-refractivity contribution in [3.63, 3.8) is 0 Å². The van der Waals surface area contributed by atoms with Gasteiger partial charge in [0, 0.05) is 29.7 Å². The minimum Gasteiger partial charge on any atom is -0.394 e. The number of likely N-dealkylation sites (tertiary alicyclic amines) is 1. The van der Waals surface area contributed by atoms with Crippen molar-refractivity contribution in [1.29, 1.82) is 5.26 Å². The largest absolute Gasteiger partial charge is 0.394 e. The number of benzene rings is 1. The van der Waals surface area contributed by atoms with Gasteiger partial charge >= 0.3 is 0 Å². The molecule has 1 fully saturated rings. The van der Waals surface area contributed by atoms with Gasteiger partial charge in [-0.05, 0) is 25.1 Å². The maximum atomic E-state index is 13.0. The van der Waals surface area contributed by atoms with E-state index in [0.717, 1.165) is 0 Å². The van der Waals surface area contributed by atoms with Crippen LogP contribution in [0.4, 0.5) is 0 Å². The second-order valence-corrected chi connectivity index (χ2v) is 9.38. The van der Waals surface area contributed by atoms with Crippen LogP contribution in [0, 0.1) is 17.2 Å². The zero-order chi connectivity index (χ0) is 26.3. The summed E-state index contributed by atoms with van der Waals surface area (Å²) in [6.07, 6.45) is 1.98. The van der Waals surface area contributed by atoms with E-state index in [0.29, 0.717) is 51.6 Å². The summed E-state index contributed by atoms with van der Waals surface area (Å²) >= 11 is 6.18. The average Bonchev–Trinajstić information content (AvgIpc) is 3.44. The number of aliphatic hydroxyl groups is 2. The second kappa shape index (κ2) is 9.78. The summed E-state index contributed by atoms with van der Waals surface area (Å²) in [7, 11) is 0. The molecule has 0 bridgehead atoms. The van der Waals surface area contributed by atoms with Crippen molar-refractivity contribution in [2.24, 2.45) is 5.92 Å². The fourth-order valence-corrected chi connectivity index (χ4v) is 4.43. The summed E-state index contributed by atoms with van der Waals surface area (Å²) in [5.74, 6) is -0.923. The number of hydrogen-bond donors (Lipinski definition) is 4. The average molecular weight is 523 g/mol. The Kier molecular flexibility index (Phi) is 6.51. The molecule has 4 aromatic rings. The lowest BCUT2D eigenvalue weighted by molar-refractivity contribution is -0.137. The van der Waals surface area contributed by atoms with Crippen LogP contribution in [0.5, 0.6) is 0 Å². The van der Waals surface area contributed by atoms with E-state index in [1.54, 1.807) is 25.1 Å². The number of nitriles is 1. The number of aliphatic hydroxyl groups excluding tert-OH is 2. The van der Waals surface area contributed by atoms with E-state index in [9.17, 15) is 19.8 Å². The highest BCUT2D eigenvalue weighted by molar-refractivity contribution is 6.31. The van der Waals surface area contributed by atoms with Gasteiger partial charge in [0.25, 0.3) is 5.91 Å². The van der Waals surface area contributed by atoms with Gasteiger partial charge in [-0.3, -0.25) is 14.3 Å². The van der Waals surface area contributed by atoms with Gasteiger partial charge in [0.1, 0.15) is 22.9 Å². The number of nitrogens with zero attached hydrogens (tertiary/aromatic N) is 6. The third kappa shape index (κ3) is 4.60. The number of hydrogen-bond acceptors (Lipinski definition) is 8. The molecule has 1 aliphatic rings. The number of nitrogens with one attached hydrogen (secondary N) is 2. The number of H-pyrrole nitrogens is 1. The fraction of sp³-hybridized carbons (Fsp3) is 0.333. The molecule has 2 unspecified atom stereocenters. The van der Waals surface area contributed by atoms with E-state index >= 15 is 0 Å². The van der Waals surface area contributed by atoms with Crippen LogP contribution >= 0.6 is 11.6 Å². The van der Waals surface area contributed by atoms with Crippen LogP contribution in [0.25, 0.3) is 33.5 Å². The van der Waals surface area contributed by atoms with Gasteiger partial charge in [0.15, 0.2) is 5.65 Å². The molecule has 4 heterocycles. The van der Waals surface area contributed by atoms with Crippen molar-refractivity contribution >= 4 is 45.5 Å². The third-order valence-corrected chi connectivity index (χ3v) is 6.51. The van der Waals surface area contributed by atoms with Crippen molar-refractivity contribution in [1.82, 2.24) is 34.9 Å². The van der Waals surface area contributed by atoms with Gasteiger partial charge in [0.2, 0.25) is 5.91 Å². The molecule has 12 nitrogen and oxygen atoms in total. The smallest absolute Gasteiger partial charge is 0.255 e. The molecule has 0 aliphatic carbocycles. The molecule has 2 amide bonds. The SMILES string of the molecule is CC(NC(=O)c1c[nH]c2ncc(-c3nn(CC(O)CO)c4cc(Cl)ccc34)nc12)C(=O)N1CC(C#N)C1. The number of aromatic amines is 1. The lowest BCUT2D eigenvalue weighted by Crippen LogP contribution is -2.55. The standard InChI is InChI=1S/C24H23ClN8O4/c1-12(24(37)32-8-13(5-26)9-32)29-23(36)17-6-27-22-21(17)30-18(7-28-22)20-16-3-2-14(25)4-19(16)33(31-20)10-15(35)11-34/h2-4,6-7,12-13,15,34-35H,8-11H2,1H3,(H,27,28)(H,29,36). The minimum absolute atomic E-state index is 0.0405. The van der Waals surface area contributed by atoms with Crippen molar-refractivity contribution in [2.75, 3.05) is 19.7 Å². The van der Waals surface area contributed by atoms with Gasteiger partial charge in [-0.2, -0.15) is 10.4 Å². The van der Waals surface area contributed by atoms with Crippen LogP contribution in [0.3, 0.4) is 0 Å². The van der Waals surface area contributed by atoms with Crippen LogP contribution in [0.1, 0.15) is 17.3 Å². The van der Waals surface area contributed by atoms with Crippen LogP contribution in [0.15, 0.2) is 30.6 Å². The normalized spacial score (nSPS) is 15.4. The van der Waals surface area contributed by atoms with Crippen LogP contribution in [-0.2, 0) is 11.3 Å². The minimum atomic E-state index is -1.02. The summed E-state index contributed by atoms with van der Waals surface area (Å²) in [6, 6.07) is 6.52. The highest BCUT2D eigenvalue weighted by atomic mass is 35.5. The maximum Gasteiger partial charge on any atom is 0.255 e. The van der Waals surface area contributed by atoms with Crippen LogP contribution < -0.4 is 5.32 Å². The van der Waals surface area contributed by atoms with Gasteiger partial charge in [-0.1, -0.05) is 11.6 Å². The lowest BCUT2D eigenvalue weighted by atomic mass is 10.0. The molecule has 5 rings (SSSR count). The first kappa shape index (κ1) is 24.6. The summed E-state index contributed by atoms with van der Waals surface area (Å²) in [5.41, 5.74) is 2.39. The number of rotatable bonds is 7. The molecule has 37 heavy (non-hydrogen) atoms. The van der Waals surface area contributed by atoms with Crippen molar-refractivity contribution < 1.29 is 19.8 Å². The monoisotopic (exact) mass is 522 g/mol. The number of fused-ring (bicyclic) bond motifs is 2. The molecule has 190 valence electrons. The molecule has 1 aromatic carbocycles. The second-order valence-electron chi connectivity index (χ2n) is 8.95. The Morgan fingerprint density at radius 3 is 2.89 bits per heavy atom. The number of halogens is 1. The Morgan fingerprint density at radius 1 is 1.38 bits per heavy atom. The fourth-order valence-electron chi connectivity index (χ4n) is 4.26. The Hall–Kier alpha value is -4.05. The van der Waals surface area contributed by atoms with E-state index in [1.807, 2.05) is 0 Å². The predicted octanol–water partition coefficient (Wildman–Crippen LogP) is 1.08. The van der Waals surface area contributed by atoms with E-state index in [1.165, 1.54) is 22.0 Å².